The average Bonchev–Trinajstić information content (AvgIpc) is 3.41. The van der Waals surface area contributed by atoms with E-state index >= 15 is 0 Å². The number of aliphatic hydroxyl groups is 10. The summed E-state index contributed by atoms with van der Waals surface area (Å²) >= 11 is 0. The van der Waals surface area contributed by atoms with Gasteiger partial charge in [0, 0.05) is 13.3 Å². The Bertz CT molecular complexity index is 1520. The fraction of sp³-hybridized carbons (Fsp3) is 0.929. The van der Waals surface area contributed by atoms with Crippen molar-refractivity contribution in [3.05, 3.63) is 12.2 Å². The maximum Gasteiger partial charge on any atom is 0.220 e. The van der Waals surface area contributed by atoms with Gasteiger partial charge >= 0.3 is 0 Å². The molecule has 0 aliphatic carbocycles. The maximum atomic E-state index is 13.3. The van der Waals surface area contributed by atoms with Crippen molar-refractivity contribution in [3.63, 3.8) is 0 Å². The Kier molecular flexibility index (Phi) is 36.2. The van der Waals surface area contributed by atoms with Crippen LogP contribution >= 0.6 is 0 Å². The molecule has 17 atom stereocenters. The van der Waals surface area contributed by atoms with Gasteiger partial charge < -0.3 is 90.1 Å². The summed E-state index contributed by atoms with van der Waals surface area (Å²) in [7, 11) is 0. The molecular formula is C56H104N2O18. The third-order valence-electron chi connectivity index (χ3n) is 15.0. The van der Waals surface area contributed by atoms with Crippen molar-refractivity contribution in [1.29, 1.82) is 0 Å². The quantitative estimate of drug-likeness (QED) is 0.0304. The molecule has 0 spiro atoms. The SMILES string of the molecule is CCCCCCCCCCCCC/C=C/[C@@H](O)[C@H](CO[C@@H]1O[C@@H](CO)[C@@H](O[C@@H]2OC(CO)[C@H](O[C@H]3O[C@@H](CO)[C@H](O)C(O)C3NC(C)=O)[C@H](O)C2O)C(O)C1O)NC(=O)CCCCCCCCCCCCCCCCC. The second kappa shape index (κ2) is 40.3. The number of carbonyl (C=O) groups excluding carboxylic acids is 2. The van der Waals surface area contributed by atoms with Crippen molar-refractivity contribution in [2.24, 2.45) is 0 Å². The number of hydrogen-bond donors (Lipinski definition) is 12. The number of allylic oxidation sites excluding steroid dienone is 1. The predicted molar refractivity (Wildman–Crippen MR) is 284 cm³/mol. The van der Waals surface area contributed by atoms with Crippen LogP contribution in [0.1, 0.15) is 201 Å². The van der Waals surface area contributed by atoms with E-state index in [4.69, 9.17) is 28.4 Å². The van der Waals surface area contributed by atoms with Gasteiger partial charge in [0.15, 0.2) is 18.9 Å². The lowest BCUT2D eigenvalue weighted by Crippen LogP contribution is -2.68. The lowest BCUT2D eigenvalue weighted by atomic mass is 9.95. The molecule has 3 fully saturated rings. The lowest BCUT2D eigenvalue weighted by Gasteiger charge is -2.48. The van der Waals surface area contributed by atoms with Crippen LogP contribution < -0.4 is 10.6 Å². The molecule has 0 aromatic carbocycles. The molecule has 76 heavy (non-hydrogen) atoms. The van der Waals surface area contributed by atoms with Crippen LogP contribution in [0.4, 0.5) is 0 Å². The van der Waals surface area contributed by atoms with Crippen LogP contribution in [0.25, 0.3) is 0 Å². The number of aliphatic hydroxyl groups excluding tert-OH is 10. The first kappa shape index (κ1) is 68.3. The molecule has 3 saturated heterocycles. The van der Waals surface area contributed by atoms with E-state index in [1.54, 1.807) is 6.08 Å². The van der Waals surface area contributed by atoms with E-state index in [1.165, 1.54) is 122 Å². The smallest absolute Gasteiger partial charge is 0.220 e. The molecule has 0 saturated carbocycles. The normalized spacial score (nSPS) is 30.9. The van der Waals surface area contributed by atoms with Gasteiger partial charge in [-0.3, -0.25) is 9.59 Å². The van der Waals surface area contributed by atoms with E-state index in [0.717, 1.165) is 51.9 Å². The fourth-order valence-electron chi connectivity index (χ4n) is 10.2. The molecule has 20 nitrogen and oxygen atoms in total. The van der Waals surface area contributed by atoms with E-state index in [9.17, 15) is 60.7 Å². The van der Waals surface area contributed by atoms with Crippen molar-refractivity contribution >= 4 is 11.8 Å². The van der Waals surface area contributed by atoms with Gasteiger partial charge in [0.1, 0.15) is 73.2 Å². The summed E-state index contributed by atoms with van der Waals surface area (Å²) in [5.41, 5.74) is 0. The zero-order valence-electron chi connectivity index (χ0n) is 46.3. The summed E-state index contributed by atoms with van der Waals surface area (Å²) in [5.74, 6) is -0.924. The van der Waals surface area contributed by atoms with Gasteiger partial charge in [-0.05, 0) is 19.3 Å². The second-order valence-corrected chi connectivity index (χ2v) is 21.5. The molecule has 3 rings (SSSR count). The number of carbonyl (C=O) groups is 2. The number of ether oxygens (including phenoxy) is 6. The molecular weight excluding hydrogens is 989 g/mol. The van der Waals surface area contributed by atoms with Crippen LogP contribution in [0.15, 0.2) is 12.2 Å². The molecule has 3 aliphatic rings. The van der Waals surface area contributed by atoms with Crippen molar-refractivity contribution in [3.8, 4) is 0 Å². The van der Waals surface area contributed by atoms with Crippen LogP contribution in [0.3, 0.4) is 0 Å². The van der Waals surface area contributed by atoms with Crippen LogP contribution in [-0.2, 0) is 38.0 Å². The largest absolute Gasteiger partial charge is 0.394 e. The third kappa shape index (κ3) is 24.8. The number of nitrogens with one attached hydrogen (secondary N) is 2. The molecule has 6 unspecified atom stereocenters. The van der Waals surface area contributed by atoms with E-state index in [2.05, 4.69) is 24.5 Å². The van der Waals surface area contributed by atoms with Crippen molar-refractivity contribution < 1.29 is 89.1 Å². The van der Waals surface area contributed by atoms with Crippen LogP contribution in [0.2, 0.25) is 0 Å². The summed E-state index contributed by atoms with van der Waals surface area (Å²) in [6.07, 6.45) is 11.1. The Morgan fingerprint density at radius 1 is 0.513 bits per heavy atom. The molecule has 20 heteroatoms. The minimum atomic E-state index is -1.99. The molecule has 0 aromatic heterocycles. The average molecular weight is 1090 g/mol. The Labute approximate surface area is 453 Å². The molecule has 3 aliphatic heterocycles. The van der Waals surface area contributed by atoms with Gasteiger partial charge in [0.25, 0.3) is 0 Å². The fourth-order valence-corrected chi connectivity index (χ4v) is 10.2. The molecule has 3 heterocycles. The Hall–Kier alpha value is -1.96. The topological polar surface area (TPSA) is 316 Å². The highest BCUT2D eigenvalue weighted by Crippen LogP contribution is 2.33. The first-order valence-electron chi connectivity index (χ1n) is 29.4. The number of hydrogen-bond acceptors (Lipinski definition) is 18. The van der Waals surface area contributed by atoms with Gasteiger partial charge in [-0.25, -0.2) is 0 Å². The highest BCUT2D eigenvalue weighted by Gasteiger charge is 2.54. The summed E-state index contributed by atoms with van der Waals surface area (Å²) < 4.78 is 34.8. The summed E-state index contributed by atoms with van der Waals surface area (Å²) in [5, 5.41) is 113. The van der Waals surface area contributed by atoms with Gasteiger partial charge in [0.2, 0.25) is 11.8 Å². The van der Waals surface area contributed by atoms with E-state index in [-0.39, 0.29) is 18.9 Å². The molecule has 2 amide bonds. The summed E-state index contributed by atoms with van der Waals surface area (Å²) in [6, 6.07) is -2.40. The van der Waals surface area contributed by atoms with E-state index in [0.29, 0.717) is 6.42 Å². The van der Waals surface area contributed by atoms with Crippen LogP contribution in [0, 0.1) is 0 Å². The van der Waals surface area contributed by atoms with Crippen molar-refractivity contribution in [2.75, 3.05) is 26.4 Å². The van der Waals surface area contributed by atoms with Gasteiger partial charge in [0.05, 0.1) is 38.6 Å². The maximum absolute atomic E-state index is 13.3. The number of rotatable bonds is 42. The van der Waals surface area contributed by atoms with E-state index < -0.39 is 130 Å². The molecule has 446 valence electrons. The Morgan fingerprint density at radius 2 is 0.921 bits per heavy atom. The molecule has 0 radical (unpaired) electrons. The van der Waals surface area contributed by atoms with Gasteiger partial charge in [-0.2, -0.15) is 0 Å². The molecule has 12 N–H and O–H groups in total. The molecule has 0 aromatic rings. The highest BCUT2D eigenvalue weighted by molar-refractivity contribution is 5.76. The lowest BCUT2D eigenvalue weighted by molar-refractivity contribution is -0.374. The minimum Gasteiger partial charge on any atom is -0.394 e. The monoisotopic (exact) mass is 1090 g/mol. The number of unbranched alkanes of at least 4 members (excludes halogenated alkanes) is 25. The Morgan fingerprint density at radius 3 is 1.38 bits per heavy atom. The van der Waals surface area contributed by atoms with Crippen molar-refractivity contribution in [2.45, 2.75) is 305 Å². The van der Waals surface area contributed by atoms with Crippen molar-refractivity contribution in [1.82, 2.24) is 10.6 Å². The Balaban J connectivity index is 1.56. The predicted octanol–water partition coefficient (Wildman–Crippen LogP) is 3.96. The highest BCUT2D eigenvalue weighted by atomic mass is 16.8. The first-order chi connectivity index (χ1) is 36.7. The standard InChI is InChI=1S/C56H104N2O18/c1-4-6-8-10-12-14-16-18-19-21-23-25-27-29-31-33-44(64)58-39(40(63)32-30-28-26-24-22-20-17-15-13-11-9-7-5-2)37-71-55-50(69)48(67)53(42(35-60)73-55)76-56-51(70)49(68)52(43(36-61)74-56)75-54-45(57-38(3)62)47(66)46(65)41(34-59)72-54/h30,32,39-43,45-56,59-61,63,65-70H,4-29,31,33-37H2,1-3H3,(H,57,62)(H,58,64)/b32-30+/t39-,40+,41-,42-,43?,45?,46-,47?,48?,49+,50?,51?,52-,53+,54+,55+,56-/m0/s1. The van der Waals surface area contributed by atoms with Crippen LogP contribution in [0.5, 0.6) is 0 Å². The summed E-state index contributed by atoms with van der Waals surface area (Å²) in [4.78, 5) is 25.3. The minimum absolute atomic E-state index is 0.244. The zero-order chi connectivity index (χ0) is 55.7. The van der Waals surface area contributed by atoms with Gasteiger partial charge in [-0.15, -0.1) is 0 Å². The molecule has 0 bridgehead atoms. The third-order valence-corrected chi connectivity index (χ3v) is 15.0. The van der Waals surface area contributed by atoms with Crippen LogP contribution in [-0.4, -0.2) is 194 Å². The zero-order valence-corrected chi connectivity index (χ0v) is 46.3. The second-order valence-electron chi connectivity index (χ2n) is 21.5. The number of amides is 2. The first-order valence-corrected chi connectivity index (χ1v) is 29.4. The summed E-state index contributed by atoms with van der Waals surface area (Å²) in [6.45, 7) is 2.82. The van der Waals surface area contributed by atoms with Gasteiger partial charge in [-0.1, -0.05) is 180 Å². The van der Waals surface area contributed by atoms with E-state index in [1.807, 2.05) is 6.08 Å².